The highest BCUT2D eigenvalue weighted by Crippen LogP contribution is 2.26. The second-order valence-corrected chi connectivity index (χ2v) is 5.55. The van der Waals surface area contributed by atoms with Crippen molar-refractivity contribution in [3.8, 4) is 0 Å². The summed E-state index contributed by atoms with van der Waals surface area (Å²) in [4.78, 5) is 26.9. The topological polar surface area (TPSA) is 51.5 Å². The molecule has 1 aliphatic rings. The maximum Gasteiger partial charge on any atom is 0.355 e. The molecule has 0 spiro atoms. The summed E-state index contributed by atoms with van der Waals surface area (Å²) < 4.78 is 6.97. The monoisotopic (exact) mass is 304 g/mol. The maximum atomic E-state index is 12.8. The summed E-state index contributed by atoms with van der Waals surface area (Å²) in [5.74, 6) is -0.369. The van der Waals surface area contributed by atoms with E-state index in [4.69, 9.17) is 4.74 Å². The summed E-state index contributed by atoms with van der Waals surface area (Å²) in [5, 5.41) is 0. The van der Waals surface area contributed by atoms with Gasteiger partial charge in [0.05, 0.1) is 12.2 Å². The van der Waals surface area contributed by atoms with Gasteiger partial charge < -0.3 is 14.2 Å². The number of carbonyl (C=O) groups excluding carboxylic acids is 2. The van der Waals surface area contributed by atoms with E-state index in [0.717, 1.165) is 31.6 Å². The minimum atomic E-state index is -0.384. The molecule has 0 bridgehead atoms. The van der Waals surface area contributed by atoms with Crippen molar-refractivity contribution in [2.75, 3.05) is 19.7 Å². The van der Waals surface area contributed by atoms with Crippen LogP contribution in [0.1, 0.15) is 51.9 Å². The van der Waals surface area contributed by atoms with Crippen molar-refractivity contribution < 1.29 is 14.3 Å². The average Bonchev–Trinajstić information content (AvgIpc) is 3.08. The van der Waals surface area contributed by atoms with Gasteiger partial charge in [-0.1, -0.05) is 6.08 Å². The Bertz CT molecular complexity index is 596. The number of allylic oxidation sites excluding steroid dienone is 1. The van der Waals surface area contributed by atoms with Gasteiger partial charge in [0.1, 0.15) is 5.69 Å². The zero-order valence-corrected chi connectivity index (χ0v) is 13.6. The molecule has 1 fully saturated rings. The molecule has 0 aromatic carbocycles. The number of likely N-dealkylation sites (tertiary alicyclic amines) is 1. The van der Waals surface area contributed by atoms with Crippen molar-refractivity contribution in [2.24, 2.45) is 0 Å². The molecule has 22 heavy (non-hydrogen) atoms. The lowest BCUT2D eigenvalue weighted by Gasteiger charge is -2.16. The zero-order chi connectivity index (χ0) is 16.3. The van der Waals surface area contributed by atoms with Crippen LogP contribution in [-0.4, -0.2) is 41.0 Å². The van der Waals surface area contributed by atoms with Gasteiger partial charge in [-0.3, -0.25) is 4.79 Å². The van der Waals surface area contributed by atoms with Gasteiger partial charge in [0.25, 0.3) is 5.91 Å². The van der Waals surface area contributed by atoms with Crippen LogP contribution in [0.5, 0.6) is 0 Å². The number of nitrogens with zero attached hydrogens (tertiary/aromatic N) is 2. The molecule has 2 rings (SSSR count). The summed E-state index contributed by atoms with van der Waals surface area (Å²) in [6, 6.07) is 0. The predicted octanol–water partition coefficient (Wildman–Crippen LogP) is 2.70. The molecule has 120 valence electrons. The van der Waals surface area contributed by atoms with Crippen molar-refractivity contribution in [1.29, 1.82) is 0 Å². The number of esters is 1. The first-order valence-corrected chi connectivity index (χ1v) is 7.79. The van der Waals surface area contributed by atoms with Crippen molar-refractivity contribution in [3.63, 3.8) is 0 Å². The Morgan fingerprint density at radius 3 is 2.45 bits per heavy atom. The maximum absolute atomic E-state index is 12.8. The minimum Gasteiger partial charge on any atom is -0.461 e. The quantitative estimate of drug-likeness (QED) is 0.621. The summed E-state index contributed by atoms with van der Waals surface area (Å²) >= 11 is 0. The average molecular weight is 304 g/mol. The zero-order valence-electron chi connectivity index (χ0n) is 13.6. The Kier molecular flexibility index (Phi) is 5.06. The van der Waals surface area contributed by atoms with E-state index in [2.05, 4.69) is 6.58 Å². The molecule has 0 saturated carbocycles. The Morgan fingerprint density at radius 2 is 1.91 bits per heavy atom. The molecule has 2 heterocycles. The predicted molar refractivity (Wildman–Crippen MR) is 85.2 cm³/mol. The number of hydrogen-bond acceptors (Lipinski definition) is 3. The number of hydrogen-bond donors (Lipinski definition) is 0. The van der Waals surface area contributed by atoms with E-state index in [1.54, 1.807) is 13.0 Å². The van der Waals surface area contributed by atoms with Gasteiger partial charge in [-0.25, -0.2) is 4.79 Å². The molecule has 0 radical (unpaired) electrons. The molecule has 1 amide bonds. The van der Waals surface area contributed by atoms with E-state index in [1.165, 1.54) is 0 Å². The molecular formula is C17H24N2O3. The molecule has 0 aliphatic carbocycles. The molecule has 1 saturated heterocycles. The second kappa shape index (κ2) is 6.81. The van der Waals surface area contributed by atoms with Crippen LogP contribution in [0.3, 0.4) is 0 Å². The number of aromatic nitrogens is 1. The highest BCUT2D eigenvalue weighted by Gasteiger charge is 2.30. The Labute approximate surface area is 131 Å². The van der Waals surface area contributed by atoms with Crippen molar-refractivity contribution in [1.82, 2.24) is 9.47 Å². The van der Waals surface area contributed by atoms with Gasteiger partial charge in [0.15, 0.2) is 0 Å². The molecule has 1 aromatic rings. The number of amides is 1. The van der Waals surface area contributed by atoms with Crippen LogP contribution in [0.4, 0.5) is 0 Å². The third kappa shape index (κ3) is 2.80. The summed E-state index contributed by atoms with van der Waals surface area (Å²) in [6.45, 7) is 11.6. The molecule has 0 N–H and O–H groups in total. The Balaban J connectivity index is 2.50. The number of ether oxygens (including phenoxy) is 1. The molecule has 1 aliphatic heterocycles. The molecular weight excluding hydrogens is 280 g/mol. The Morgan fingerprint density at radius 1 is 1.27 bits per heavy atom. The van der Waals surface area contributed by atoms with Gasteiger partial charge in [0.2, 0.25) is 0 Å². The fraction of sp³-hybridized carbons (Fsp3) is 0.529. The SMILES string of the molecule is C=CCn1c(C)c(C(=O)N2CCCC2)c(C)c1C(=O)OCC. The number of rotatable bonds is 5. The second-order valence-electron chi connectivity index (χ2n) is 5.55. The first-order chi connectivity index (χ1) is 10.5. The highest BCUT2D eigenvalue weighted by molar-refractivity contribution is 6.01. The molecule has 5 heteroatoms. The summed E-state index contributed by atoms with van der Waals surface area (Å²) in [6.07, 6.45) is 3.81. The van der Waals surface area contributed by atoms with E-state index in [0.29, 0.717) is 30.0 Å². The first-order valence-electron chi connectivity index (χ1n) is 7.79. The van der Waals surface area contributed by atoms with E-state index in [1.807, 2.05) is 23.3 Å². The van der Waals surface area contributed by atoms with Crippen LogP contribution < -0.4 is 0 Å². The van der Waals surface area contributed by atoms with Crippen LogP contribution in [-0.2, 0) is 11.3 Å². The third-order valence-electron chi connectivity index (χ3n) is 4.15. The van der Waals surface area contributed by atoms with Crippen molar-refractivity contribution in [2.45, 2.75) is 40.2 Å². The minimum absolute atomic E-state index is 0.0147. The standard InChI is InChI=1S/C17H24N2O3/c1-5-9-19-13(4)14(16(20)18-10-7-8-11-18)12(3)15(19)17(21)22-6-2/h5H,1,6-11H2,2-4H3. The lowest BCUT2D eigenvalue weighted by atomic mass is 10.1. The highest BCUT2D eigenvalue weighted by atomic mass is 16.5. The van der Waals surface area contributed by atoms with Crippen LogP contribution in [0.25, 0.3) is 0 Å². The van der Waals surface area contributed by atoms with Crippen LogP contribution >= 0.6 is 0 Å². The van der Waals surface area contributed by atoms with E-state index in [-0.39, 0.29) is 11.9 Å². The lowest BCUT2D eigenvalue weighted by Crippen LogP contribution is -2.28. The molecule has 5 nitrogen and oxygen atoms in total. The lowest BCUT2D eigenvalue weighted by molar-refractivity contribution is 0.0513. The van der Waals surface area contributed by atoms with E-state index < -0.39 is 0 Å². The molecule has 0 unspecified atom stereocenters. The fourth-order valence-electron chi connectivity index (χ4n) is 3.11. The normalized spacial score (nSPS) is 14.2. The van der Waals surface area contributed by atoms with Crippen LogP contribution in [0.15, 0.2) is 12.7 Å². The van der Waals surface area contributed by atoms with Gasteiger partial charge in [-0.05, 0) is 39.2 Å². The smallest absolute Gasteiger partial charge is 0.355 e. The fourth-order valence-corrected chi connectivity index (χ4v) is 3.11. The van der Waals surface area contributed by atoms with Crippen LogP contribution in [0.2, 0.25) is 0 Å². The molecule has 0 atom stereocenters. The van der Waals surface area contributed by atoms with Gasteiger partial charge in [-0.15, -0.1) is 6.58 Å². The van der Waals surface area contributed by atoms with Crippen molar-refractivity contribution in [3.05, 3.63) is 35.2 Å². The van der Waals surface area contributed by atoms with Gasteiger partial charge in [0, 0.05) is 25.3 Å². The van der Waals surface area contributed by atoms with Gasteiger partial charge in [-0.2, -0.15) is 0 Å². The molecule has 1 aromatic heterocycles. The first kappa shape index (κ1) is 16.3. The number of carbonyl (C=O) groups is 2. The van der Waals surface area contributed by atoms with Crippen molar-refractivity contribution >= 4 is 11.9 Å². The van der Waals surface area contributed by atoms with Gasteiger partial charge >= 0.3 is 5.97 Å². The van der Waals surface area contributed by atoms with E-state index in [9.17, 15) is 9.59 Å². The van der Waals surface area contributed by atoms with E-state index >= 15 is 0 Å². The summed E-state index contributed by atoms with van der Waals surface area (Å²) in [7, 11) is 0. The Hall–Kier alpha value is -2.04. The van der Waals surface area contributed by atoms with Crippen LogP contribution in [0, 0.1) is 13.8 Å². The summed E-state index contributed by atoms with van der Waals surface area (Å²) in [5.41, 5.74) is 2.60. The largest absolute Gasteiger partial charge is 0.461 e. The third-order valence-corrected chi connectivity index (χ3v) is 4.15.